The molecule has 0 atom stereocenters. The molecule has 1 amide bonds. The number of carbonyl (C=O) groups excluding carboxylic acids is 1. The molecule has 21 heavy (non-hydrogen) atoms. The Morgan fingerprint density at radius 1 is 1.33 bits per heavy atom. The fourth-order valence-corrected chi connectivity index (χ4v) is 2.53. The second-order valence-corrected chi connectivity index (χ2v) is 5.33. The summed E-state index contributed by atoms with van der Waals surface area (Å²) in [5, 5.41) is 5.21. The van der Waals surface area contributed by atoms with E-state index in [4.69, 9.17) is 0 Å². The van der Waals surface area contributed by atoms with E-state index in [2.05, 4.69) is 15.6 Å². The van der Waals surface area contributed by atoms with Crippen molar-refractivity contribution in [1.29, 1.82) is 0 Å². The Labute approximate surface area is 125 Å². The van der Waals surface area contributed by atoms with Crippen molar-refractivity contribution in [2.75, 3.05) is 11.9 Å². The van der Waals surface area contributed by atoms with Crippen LogP contribution in [0.1, 0.15) is 27.9 Å². The number of halogens is 2. The number of thiazole rings is 1. The normalized spacial score (nSPS) is 10.5. The maximum absolute atomic E-state index is 13.7. The highest BCUT2D eigenvalue weighted by atomic mass is 32.1. The third-order valence-electron chi connectivity index (χ3n) is 2.91. The molecule has 0 aliphatic rings. The van der Waals surface area contributed by atoms with Crippen molar-refractivity contribution in [2.24, 2.45) is 0 Å². The number of hydrogen-bond donors (Lipinski definition) is 2. The van der Waals surface area contributed by atoms with Crippen LogP contribution in [-0.4, -0.2) is 17.4 Å². The van der Waals surface area contributed by atoms with E-state index in [-0.39, 0.29) is 17.8 Å². The number of benzene rings is 1. The van der Waals surface area contributed by atoms with Crippen molar-refractivity contribution in [3.05, 3.63) is 45.4 Å². The van der Waals surface area contributed by atoms with Crippen LogP contribution in [0.25, 0.3) is 0 Å². The van der Waals surface area contributed by atoms with Gasteiger partial charge in [0.05, 0.1) is 17.7 Å². The predicted molar refractivity (Wildman–Crippen MR) is 78.5 cm³/mol. The first-order chi connectivity index (χ1) is 10.0. The maximum atomic E-state index is 13.7. The summed E-state index contributed by atoms with van der Waals surface area (Å²) in [6.45, 7) is 4.25. The first kappa shape index (κ1) is 15.4. The zero-order chi connectivity index (χ0) is 15.4. The molecule has 2 aromatic rings. The summed E-state index contributed by atoms with van der Waals surface area (Å²) >= 11 is 1.42. The second-order valence-electron chi connectivity index (χ2n) is 4.39. The Bertz CT molecular complexity index is 634. The van der Waals surface area contributed by atoms with E-state index in [9.17, 15) is 13.6 Å². The van der Waals surface area contributed by atoms with Gasteiger partial charge in [0.25, 0.3) is 5.91 Å². The molecule has 2 rings (SSSR count). The molecule has 0 bridgehead atoms. The molecule has 1 heterocycles. The van der Waals surface area contributed by atoms with Gasteiger partial charge in [0, 0.05) is 17.0 Å². The number of carbonyl (C=O) groups is 1. The largest absolute Gasteiger partial charge is 0.381 e. The first-order valence-electron chi connectivity index (χ1n) is 6.43. The molecule has 4 nitrogen and oxygen atoms in total. The second kappa shape index (κ2) is 6.62. The van der Waals surface area contributed by atoms with Gasteiger partial charge < -0.3 is 10.6 Å². The van der Waals surface area contributed by atoms with Crippen molar-refractivity contribution < 1.29 is 13.6 Å². The van der Waals surface area contributed by atoms with E-state index < -0.39 is 17.5 Å². The van der Waals surface area contributed by atoms with Crippen molar-refractivity contribution in [3.8, 4) is 0 Å². The number of aryl methyl sites for hydroxylation is 1. The molecule has 1 aromatic heterocycles. The molecule has 0 aliphatic carbocycles. The average Bonchev–Trinajstić information content (AvgIpc) is 2.85. The lowest BCUT2D eigenvalue weighted by Gasteiger charge is -2.09. The van der Waals surface area contributed by atoms with Crippen LogP contribution in [0.15, 0.2) is 17.6 Å². The summed E-state index contributed by atoms with van der Waals surface area (Å²) in [6, 6.07) is 2.05. The van der Waals surface area contributed by atoms with Gasteiger partial charge in [-0.15, -0.1) is 11.3 Å². The first-order valence-corrected chi connectivity index (χ1v) is 7.31. The van der Waals surface area contributed by atoms with E-state index in [1.54, 1.807) is 12.4 Å². The van der Waals surface area contributed by atoms with Gasteiger partial charge in [0.15, 0.2) is 0 Å². The van der Waals surface area contributed by atoms with Crippen molar-refractivity contribution in [3.63, 3.8) is 0 Å². The van der Waals surface area contributed by atoms with Crippen LogP contribution < -0.4 is 10.6 Å². The zero-order valence-corrected chi connectivity index (χ0v) is 12.5. The number of aromatic nitrogens is 1. The fraction of sp³-hybridized carbons (Fsp3) is 0.286. The van der Waals surface area contributed by atoms with Crippen LogP contribution in [-0.2, 0) is 6.54 Å². The minimum Gasteiger partial charge on any atom is -0.381 e. The van der Waals surface area contributed by atoms with Crippen LogP contribution in [0.5, 0.6) is 0 Å². The highest BCUT2D eigenvalue weighted by molar-refractivity contribution is 7.09. The molecule has 0 fully saturated rings. The number of amides is 1. The quantitative estimate of drug-likeness (QED) is 0.892. The Morgan fingerprint density at radius 2 is 2.00 bits per heavy atom. The standard InChI is InChI=1S/C14H15F2N3OS/c1-3-17-13-10(15)4-9(5-11(13)16)14(20)18-6-12-8(2)19-7-21-12/h4-5,7,17H,3,6H2,1-2H3,(H,18,20). The Balaban J connectivity index is 2.11. The van der Waals surface area contributed by atoms with Crippen LogP contribution in [0, 0.1) is 18.6 Å². The van der Waals surface area contributed by atoms with E-state index >= 15 is 0 Å². The smallest absolute Gasteiger partial charge is 0.251 e. The van der Waals surface area contributed by atoms with Gasteiger partial charge in [-0.05, 0) is 26.0 Å². The minimum absolute atomic E-state index is 0.0474. The number of rotatable bonds is 5. The fourth-order valence-electron chi connectivity index (χ4n) is 1.81. The molecule has 0 unspecified atom stereocenters. The lowest BCUT2D eigenvalue weighted by Crippen LogP contribution is -2.23. The number of nitrogens with one attached hydrogen (secondary N) is 2. The van der Waals surface area contributed by atoms with Crippen LogP contribution >= 0.6 is 11.3 Å². The molecule has 1 aromatic carbocycles. The van der Waals surface area contributed by atoms with Crippen molar-refractivity contribution >= 4 is 22.9 Å². The Morgan fingerprint density at radius 3 is 2.52 bits per heavy atom. The number of nitrogens with zero attached hydrogens (tertiary/aromatic N) is 1. The maximum Gasteiger partial charge on any atom is 0.251 e. The number of hydrogen-bond acceptors (Lipinski definition) is 4. The lowest BCUT2D eigenvalue weighted by molar-refractivity contribution is 0.0950. The molecule has 0 spiro atoms. The molecular formula is C14H15F2N3OS. The minimum atomic E-state index is -0.782. The van der Waals surface area contributed by atoms with E-state index in [0.717, 1.165) is 22.7 Å². The van der Waals surface area contributed by atoms with Crippen molar-refractivity contribution in [2.45, 2.75) is 20.4 Å². The molecule has 2 N–H and O–H groups in total. The SMILES string of the molecule is CCNc1c(F)cc(C(=O)NCc2scnc2C)cc1F. The van der Waals surface area contributed by atoms with Gasteiger partial charge in [-0.3, -0.25) is 4.79 Å². The average molecular weight is 311 g/mol. The highest BCUT2D eigenvalue weighted by Gasteiger charge is 2.15. The van der Waals surface area contributed by atoms with Gasteiger partial charge in [0.2, 0.25) is 0 Å². The molecule has 0 saturated carbocycles. The summed E-state index contributed by atoms with van der Waals surface area (Å²) in [4.78, 5) is 16.9. The van der Waals surface area contributed by atoms with Crippen LogP contribution in [0.4, 0.5) is 14.5 Å². The summed E-state index contributed by atoms with van der Waals surface area (Å²) in [5.41, 5.74) is 2.25. The van der Waals surface area contributed by atoms with Crippen LogP contribution in [0.2, 0.25) is 0 Å². The molecule has 7 heteroatoms. The summed E-state index contributed by atoms with van der Waals surface area (Å²) in [5.74, 6) is -2.09. The summed E-state index contributed by atoms with van der Waals surface area (Å²) in [6.07, 6.45) is 0. The molecule has 0 radical (unpaired) electrons. The molecular weight excluding hydrogens is 296 g/mol. The zero-order valence-electron chi connectivity index (χ0n) is 11.7. The van der Waals surface area contributed by atoms with Gasteiger partial charge >= 0.3 is 0 Å². The van der Waals surface area contributed by atoms with Gasteiger partial charge in [0.1, 0.15) is 17.3 Å². The van der Waals surface area contributed by atoms with Gasteiger partial charge in [-0.25, -0.2) is 13.8 Å². The monoisotopic (exact) mass is 311 g/mol. The summed E-state index contributed by atoms with van der Waals surface area (Å²) in [7, 11) is 0. The topological polar surface area (TPSA) is 54.0 Å². The molecule has 112 valence electrons. The third-order valence-corrected chi connectivity index (χ3v) is 3.85. The number of anilines is 1. The predicted octanol–water partition coefficient (Wildman–Crippen LogP) is 3.09. The van der Waals surface area contributed by atoms with E-state index in [1.165, 1.54) is 11.3 Å². The van der Waals surface area contributed by atoms with Gasteiger partial charge in [-0.1, -0.05) is 0 Å². The van der Waals surface area contributed by atoms with E-state index in [0.29, 0.717) is 6.54 Å². The van der Waals surface area contributed by atoms with E-state index in [1.807, 2.05) is 6.92 Å². The Hall–Kier alpha value is -2.02. The van der Waals surface area contributed by atoms with Gasteiger partial charge in [-0.2, -0.15) is 0 Å². The van der Waals surface area contributed by atoms with Crippen LogP contribution in [0.3, 0.4) is 0 Å². The Kier molecular flexibility index (Phi) is 4.85. The summed E-state index contributed by atoms with van der Waals surface area (Å²) < 4.78 is 27.5. The third kappa shape index (κ3) is 3.55. The van der Waals surface area contributed by atoms with Crippen molar-refractivity contribution in [1.82, 2.24) is 10.3 Å². The lowest BCUT2D eigenvalue weighted by atomic mass is 10.1. The molecule has 0 saturated heterocycles. The molecule has 0 aliphatic heterocycles. The highest BCUT2D eigenvalue weighted by Crippen LogP contribution is 2.21.